The van der Waals surface area contributed by atoms with Crippen molar-refractivity contribution in [1.82, 2.24) is 9.97 Å². The van der Waals surface area contributed by atoms with Crippen molar-refractivity contribution in [2.24, 2.45) is 0 Å². The molecule has 0 amide bonds. The van der Waals surface area contributed by atoms with Crippen LogP contribution in [0.25, 0.3) is 10.9 Å². The van der Waals surface area contributed by atoms with Gasteiger partial charge in [0.1, 0.15) is 17.9 Å². The highest BCUT2D eigenvalue weighted by Crippen LogP contribution is 2.30. The number of aromatic hydroxyl groups is 1. The van der Waals surface area contributed by atoms with Crippen LogP contribution in [0.4, 0.5) is 15.9 Å². The van der Waals surface area contributed by atoms with Crippen LogP contribution >= 0.6 is 15.9 Å². The number of fused-ring (bicyclic) bond motifs is 1. The van der Waals surface area contributed by atoms with Crippen LogP contribution in [0.15, 0.2) is 41.1 Å². The van der Waals surface area contributed by atoms with E-state index in [1.807, 2.05) is 0 Å². The fraction of sp³-hybridized carbons (Fsp3) is 0.0667. The van der Waals surface area contributed by atoms with Crippen LogP contribution < -0.4 is 5.32 Å². The molecule has 3 rings (SSSR count). The summed E-state index contributed by atoms with van der Waals surface area (Å²) >= 11 is 3.15. The van der Waals surface area contributed by atoms with Crippen molar-refractivity contribution in [2.45, 2.75) is 6.92 Å². The minimum Gasteiger partial charge on any atom is -0.508 e. The topological polar surface area (TPSA) is 58.0 Å². The number of hydrogen-bond donors (Lipinski definition) is 2. The molecule has 4 nitrogen and oxygen atoms in total. The molecule has 1 heterocycles. The molecule has 0 radical (unpaired) electrons. The van der Waals surface area contributed by atoms with E-state index < -0.39 is 0 Å². The van der Waals surface area contributed by atoms with Crippen LogP contribution in [0.3, 0.4) is 0 Å². The van der Waals surface area contributed by atoms with E-state index in [0.717, 1.165) is 0 Å². The van der Waals surface area contributed by atoms with Gasteiger partial charge in [0.15, 0.2) is 5.82 Å². The average molecular weight is 348 g/mol. The molecule has 2 N–H and O–H groups in total. The molecule has 0 saturated heterocycles. The van der Waals surface area contributed by atoms with Gasteiger partial charge in [-0.25, -0.2) is 14.4 Å². The largest absolute Gasteiger partial charge is 0.508 e. The average Bonchev–Trinajstić information content (AvgIpc) is 2.46. The van der Waals surface area contributed by atoms with E-state index in [2.05, 4.69) is 31.2 Å². The minimum atomic E-state index is -0.389. The summed E-state index contributed by atoms with van der Waals surface area (Å²) in [6, 6.07) is 8.32. The van der Waals surface area contributed by atoms with E-state index in [4.69, 9.17) is 0 Å². The molecule has 1 aromatic heterocycles. The van der Waals surface area contributed by atoms with Gasteiger partial charge in [0.2, 0.25) is 0 Å². The molecule has 0 bridgehead atoms. The lowest BCUT2D eigenvalue weighted by atomic mass is 10.1. The molecule has 0 aliphatic carbocycles. The third-order valence-electron chi connectivity index (χ3n) is 3.16. The zero-order valence-corrected chi connectivity index (χ0v) is 12.6. The van der Waals surface area contributed by atoms with Crippen molar-refractivity contribution in [3.05, 3.63) is 52.5 Å². The monoisotopic (exact) mass is 347 g/mol. The fourth-order valence-corrected chi connectivity index (χ4v) is 2.39. The van der Waals surface area contributed by atoms with Gasteiger partial charge in [0, 0.05) is 11.5 Å². The van der Waals surface area contributed by atoms with Crippen LogP contribution in [0, 0.1) is 12.7 Å². The molecule has 0 spiro atoms. The van der Waals surface area contributed by atoms with Crippen LogP contribution in [-0.4, -0.2) is 15.1 Å². The van der Waals surface area contributed by atoms with Gasteiger partial charge in [-0.3, -0.25) is 0 Å². The summed E-state index contributed by atoms with van der Waals surface area (Å²) in [6.07, 6.45) is 1.37. The summed E-state index contributed by atoms with van der Waals surface area (Å²) in [5.74, 6) is 0.264. The van der Waals surface area contributed by atoms with Crippen molar-refractivity contribution in [3.8, 4) is 5.75 Å². The maximum Gasteiger partial charge on any atom is 0.160 e. The van der Waals surface area contributed by atoms with Crippen LogP contribution in [-0.2, 0) is 0 Å². The highest BCUT2D eigenvalue weighted by atomic mass is 79.9. The predicted molar refractivity (Wildman–Crippen MR) is 83.3 cm³/mol. The zero-order chi connectivity index (χ0) is 15.0. The Morgan fingerprint density at radius 1 is 1.24 bits per heavy atom. The fourth-order valence-electron chi connectivity index (χ4n) is 2.03. The highest BCUT2D eigenvalue weighted by molar-refractivity contribution is 9.10. The number of phenols is 1. The maximum atomic E-state index is 14.0. The van der Waals surface area contributed by atoms with E-state index in [0.29, 0.717) is 32.4 Å². The second kappa shape index (κ2) is 5.29. The molecular weight excluding hydrogens is 337 g/mol. The number of benzene rings is 2. The van der Waals surface area contributed by atoms with E-state index in [1.165, 1.54) is 6.33 Å². The molecule has 2 aromatic carbocycles. The number of hydrogen-bond acceptors (Lipinski definition) is 4. The zero-order valence-electron chi connectivity index (χ0n) is 11.1. The first-order chi connectivity index (χ1) is 10.1. The smallest absolute Gasteiger partial charge is 0.160 e. The number of phenolic OH excluding ortho intramolecular Hbond substituents is 1. The van der Waals surface area contributed by atoms with E-state index >= 15 is 0 Å². The van der Waals surface area contributed by atoms with Gasteiger partial charge < -0.3 is 10.4 Å². The lowest BCUT2D eigenvalue weighted by Crippen LogP contribution is -1.99. The highest BCUT2D eigenvalue weighted by Gasteiger charge is 2.10. The quantitative estimate of drug-likeness (QED) is 0.725. The van der Waals surface area contributed by atoms with Crippen molar-refractivity contribution < 1.29 is 9.50 Å². The molecule has 0 fully saturated rings. The standard InChI is InChI=1S/C15H11BrFN3O/c1-8-5-9-12(6-13(8)21)18-7-19-15(9)20-11-4-2-3-10(16)14(11)17/h2-7,21H,1H3,(H,18,19,20). The van der Waals surface area contributed by atoms with Gasteiger partial charge in [-0.1, -0.05) is 6.07 Å². The summed E-state index contributed by atoms with van der Waals surface area (Å²) in [7, 11) is 0. The first-order valence-electron chi connectivity index (χ1n) is 6.21. The first kappa shape index (κ1) is 13.8. The third kappa shape index (κ3) is 2.54. The van der Waals surface area contributed by atoms with Crippen molar-refractivity contribution in [1.29, 1.82) is 0 Å². The Morgan fingerprint density at radius 2 is 2.05 bits per heavy atom. The Morgan fingerprint density at radius 3 is 2.86 bits per heavy atom. The summed E-state index contributed by atoms with van der Waals surface area (Å²) in [4.78, 5) is 8.27. The lowest BCUT2D eigenvalue weighted by molar-refractivity contribution is 0.472. The molecule has 0 saturated carbocycles. The second-order valence-corrected chi connectivity index (χ2v) is 5.46. The van der Waals surface area contributed by atoms with Gasteiger partial charge in [0.25, 0.3) is 0 Å². The Bertz CT molecular complexity index is 839. The Kier molecular flexibility index (Phi) is 3.47. The minimum absolute atomic E-state index is 0.167. The molecule has 106 valence electrons. The number of anilines is 2. The number of aromatic nitrogens is 2. The van der Waals surface area contributed by atoms with E-state index in [1.54, 1.807) is 37.3 Å². The summed E-state index contributed by atoms with van der Waals surface area (Å²) in [6.45, 7) is 1.78. The summed E-state index contributed by atoms with van der Waals surface area (Å²) in [5.41, 5.74) is 1.61. The van der Waals surface area contributed by atoms with Crippen molar-refractivity contribution >= 4 is 38.3 Å². The first-order valence-corrected chi connectivity index (χ1v) is 7.01. The van der Waals surface area contributed by atoms with Crippen LogP contribution in [0.1, 0.15) is 5.56 Å². The van der Waals surface area contributed by atoms with Crippen LogP contribution in [0.2, 0.25) is 0 Å². The number of nitrogens with one attached hydrogen (secondary N) is 1. The molecule has 3 aromatic rings. The molecule has 0 atom stereocenters. The van der Waals surface area contributed by atoms with Gasteiger partial charge in [-0.15, -0.1) is 0 Å². The van der Waals surface area contributed by atoms with E-state index in [9.17, 15) is 9.50 Å². The summed E-state index contributed by atoms with van der Waals surface area (Å²) < 4.78 is 14.4. The molecule has 0 unspecified atom stereocenters. The lowest BCUT2D eigenvalue weighted by Gasteiger charge is -2.10. The number of aryl methyl sites for hydroxylation is 1. The summed E-state index contributed by atoms with van der Waals surface area (Å²) in [5, 5.41) is 13.4. The normalized spacial score (nSPS) is 10.8. The molecule has 6 heteroatoms. The Balaban J connectivity index is 2.12. The molecular formula is C15H11BrFN3O. The third-order valence-corrected chi connectivity index (χ3v) is 3.77. The molecule has 0 aliphatic heterocycles. The van der Waals surface area contributed by atoms with Gasteiger partial charge in [0.05, 0.1) is 15.7 Å². The molecule has 0 aliphatic rings. The number of halogens is 2. The molecule has 21 heavy (non-hydrogen) atoms. The van der Waals surface area contributed by atoms with Gasteiger partial charge in [-0.05, 0) is 46.6 Å². The predicted octanol–water partition coefficient (Wildman–Crippen LogP) is 4.29. The van der Waals surface area contributed by atoms with Gasteiger partial charge >= 0.3 is 0 Å². The van der Waals surface area contributed by atoms with Gasteiger partial charge in [-0.2, -0.15) is 0 Å². The Hall–Kier alpha value is -2.21. The SMILES string of the molecule is Cc1cc2c(Nc3cccc(Br)c3F)ncnc2cc1O. The second-order valence-electron chi connectivity index (χ2n) is 4.60. The van der Waals surface area contributed by atoms with Crippen LogP contribution in [0.5, 0.6) is 5.75 Å². The number of rotatable bonds is 2. The van der Waals surface area contributed by atoms with E-state index in [-0.39, 0.29) is 11.6 Å². The van der Waals surface area contributed by atoms with Crippen molar-refractivity contribution in [3.63, 3.8) is 0 Å². The number of nitrogens with zero attached hydrogens (tertiary/aromatic N) is 2. The Labute approximate surface area is 128 Å². The maximum absolute atomic E-state index is 14.0. The van der Waals surface area contributed by atoms with Crippen molar-refractivity contribution in [2.75, 3.05) is 5.32 Å².